The molecule has 106 valence electrons. The molecule has 1 aromatic rings. The summed E-state index contributed by atoms with van der Waals surface area (Å²) in [7, 11) is 0. The van der Waals surface area contributed by atoms with Crippen molar-refractivity contribution in [3.8, 4) is 11.5 Å². The van der Waals surface area contributed by atoms with E-state index in [1.165, 1.54) is 23.5 Å². The van der Waals surface area contributed by atoms with Crippen LogP contribution in [0.4, 0.5) is 0 Å². The number of benzene rings is 1. The molecular formula is C15H23NO2S. The molecule has 0 fully saturated rings. The Balaban J connectivity index is 1.66. The average Bonchev–Trinajstić information content (AvgIpc) is 2.46. The largest absolute Gasteiger partial charge is 0.486 e. The van der Waals surface area contributed by atoms with Gasteiger partial charge in [0.05, 0.1) is 0 Å². The van der Waals surface area contributed by atoms with E-state index in [-0.39, 0.29) is 0 Å². The molecule has 0 amide bonds. The van der Waals surface area contributed by atoms with Crippen LogP contribution in [0.5, 0.6) is 11.5 Å². The van der Waals surface area contributed by atoms with E-state index in [1.54, 1.807) is 0 Å². The van der Waals surface area contributed by atoms with E-state index in [0.29, 0.717) is 13.2 Å². The highest BCUT2D eigenvalue weighted by Crippen LogP contribution is 2.30. The second-order valence-electron chi connectivity index (χ2n) is 4.53. The maximum Gasteiger partial charge on any atom is 0.161 e. The lowest BCUT2D eigenvalue weighted by atomic mass is 10.1. The van der Waals surface area contributed by atoms with Crippen LogP contribution in [0.25, 0.3) is 0 Å². The van der Waals surface area contributed by atoms with Gasteiger partial charge in [0.25, 0.3) is 0 Å². The second-order valence-corrected chi connectivity index (χ2v) is 5.92. The zero-order valence-electron chi connectivity index (χ0n) is 11.6. The summed E-state index contributed by atoms with van der Waals surface area (Å²) in [5.74, 6) is 4.24. The molecule has 0 saturated heterocycles. The first-order valence-electron chi connectivity index (χ1n) is 7.07. The van der Waals surface area contributed by atoms with Gasteiger partial charge >= 0.3 is 0 Å². The van der Waals surface area contributed by atoms with Gasteiger partial charge in [0.2, 0.25) is 0 Å². The van der Waals surface area contributed by atoms with Gasteiger partial charge in [-0.25, -0.2) is 0 Å². The number of fused-ring (bicyclic) bond motifs is 1. The third-order valence-corrected chi connectivity index (χ3v) is 4.03. The predicted molar refractivity (Wildman–Crippen MR) is 81.6 cm³/mol. The number of rotatable bonds is 8. The molecule has 1 aromatic carbocycles. The molecule has 0 aliphatic carbocycles. The summed E-state index contributed by atoms with van der Waals surface area (Å²) in [5, 5.41) is 3.49. The molecule has 1 aliphatic rings. The number of hydrogen-bond acceptors (Lipinski definition) is 4. The van der Waals surface area contributed by atoms with Crippen LogP contribution in [0.1, 0.15) is 18.9 Å². The van der Waals surface area contributed by atoms with Gasteiger partial charge in [-0.1, -0.05) is 13.0 Å². The minimum atomic E-state index is 0.656. The van der Waals surface area contributed by atoms with E-state index < -0.39 is 0 Å². The number of thioether (sulfide) groups is 1. The minimum absolute atomic E-state index is 0.656. The summed E-state index contributed by atoms with van der Waals surface area (Å²) in [6.45, 7) is 5.65. The SMILES string of the molecule is CCSCCCNCCc1ccc2c(c1)OCCO2. The quantitative estimate of drug-likeness (QED) is 0.742. The molecule has 1 heterocycles. The van der Waals surface area contributed by atoms with Crippen LogP contribution in [0.15, 0.2) is 18.2 Å². The third kappa shape index (κ3) is 4.96. The summed E-state index contributed by atoms with van der Waals surface area (Å²) in [6.07, 6.45) is 2.29. The maximum absolute atomic E-state index is 5.59. The summed E-state index contributed by atoms with van der Waals surface area (Å²) < 4.78 is 11.1. The van der Waals surface area contributed by atoms with Crippen LogP contribution in [-0.4, -0.2) is 37.8 Å². The van der Waals surface area contributed by atoms with E-state index in [0.717, 1.165) is 31.0 Å². The standard InChI is InChI=1S/C15H23NO2S/c1-2-19-11-3-7-16-8-6-13-4-5-14-15(12-13)18-10-9-17-14/h4-5,12,16H,2-3,6-11H2,1H3. The fourth-order valence-electron chi connectivity index (χ4n) is 2.04. The molecule has 1 aliphatic heterocycles. The number of nitrogens with one attached hydrogen (secondary N) is 1. The van der Waals surface area contributed by atoms with Gasteiger partial charge in [-0.15, -0.1) is 0 Å². The topological polar surface area (TPSA) is 30.5 Å². The summed E-state index contributed by atoms with van der Waals surface area (Å²) in [5.41, 5.74) is 1.31. The molecule has 0 aromatic heterocycles. The van der Waals surface area contributed by atoms with Crippen molar-refractivity contribution in [2.75, 3.05) is 37.8 Å². The van der Waals surface area contributed by atoms with Gasteiger partial charge in [-0.05, 0) is 55.1 Å². The zero-order valence-corrected chi connectivity index (χ0v) is 12.4. The van der Waals surface area contributed by atoms with E-state index >= 15 is 0 Å². The summed E-state index contributed by atoms with van der Waals surface area (Å²) >= 11 is 2.01. The van der Waals surface area contributed by atoms with Crippen molar-refractivity contribution in [1.82, 2.24) is 5.32 Å². The lowest BCUT2D eigenvalue weighted by molar-refractivity contribution is 0.171. The highest BCUT2D eigenvalue weighted by Gasteiger charge is 2.11. The van der Waals surface area contributed by atoms with Gasteiger partial charge in [0.1, 0.15) is 13.2 Å². The van der Waals surface area contributed by atoms with Gasteiger partial charge in [-0.3, -0.25) is 0 Å². The van der Waals surface area contributed by atoms with E-state index in [2.05, 4.69) is 24.4 Å². The van der Waals surface area contributed by atoms with Crippen LogP contribution >= 0.6 is 11.8 Å². The molecule has 0 atom stereocenters. The molecule has 19 heavy (non-hydrogen) atoms. The van der Waals surface area contributed by atoms with Gasteiger partial charge < -0.3 is 14.8 Å². The summed E-state index contributed by atoms with van der Waals surface area (Å²) in [4.78, 5) is 0. The number of ether oxygens (including phenoxy) is 2. The molecule has 3 nitrogen and oxygen atoms in total. The first-order chi connectivity index (χ1) is 9.40. The molecule has 0 spiro atoms. The Morgan fingerprint density at radius 1 is 1.16 bits per heavy atom. The Morgan fingerprint density at radius 3 is 2.84 bits per heavy atom. The fraction of sp³-hybridized carbons (Fsp3) is 0.600. The van der Waals surface area contributed by atoms with E-state index in [4.69, 9.17) is 9.47 Å². The van der Waals surface area contributed by atoms with E-state index in [9.17, 15) is 0 Å². The Bertz CT molecular complexity index is 384. The molecule has 0 saturated carbocycles. The van der Waals surface area contributed by atoms with Crippen molar-refractivity contribution in [2.24, 2.45) is 0 Å². The second kappa shape index (κ2) is 8.33. The summed E-state index contributed by atoms with van der Waals surface area (Å²) in [6, 6.07) is 6.24. The molecule has 0 unspecified atom stereocenters. The van der Waals surface area contributed by atoms with Crippen LogP contribution in [0.3, 0.4) is 0 Å². The Kier molecular flexibility index (Phi) is 6.37. The smallest absolute Gasteiger partial charge is 0.161 e. The van der Waals surface area contributed by atoms with Gasteiger partial charge in [0.15, 0.2) is 11.5 Å². The van der Waals surface area contributed by atoms with Crippen molar-refractivity contribution < 1.29 is 9.47 Å². The third-order valence-electron chi connectivity index (χ3n) is 3.04. The zero-order chi connectivity index (χ0) is 13.3. The maximum atomic E-state index is 5.59. The minimum Gasteiger partial charge on any atom is -0.486 e. The van der Waals surface area contributed by atoms with Crippen LogP contribution in [0.2, 0.25) is 0 Å². The first kappa shape index (κ1) is 14.5. The molecule has 0 radical (unpaired) electrons. The Labute approximate surface area is 120 Å². The highest BCUT2D eigenvalue weighted by molar-refractivity contribution is 7.99. The molecule has 1 N–H and O–H groups in total. The molecule has 0 bridgehead atoms. The molecular weight excluding hydrogens is 258 g/mol. The van der Waals surface area contributed by atoms with Crippen LogP contribution < -0.4 is 14.8 Å². The fourth-order valence-corrected chi connectivity index (χ4v) is 2.68. The van der Waals surface area contributed by atoms with Gasteiger partial charge in [-0.2, -0.15) is 11.8 Å². The van der Waals surface area contributed by atoms with Gasteiger partial charge in [0, 0.05) is 0 Å². The average molecular weight is 281 g/mol. The van der Waals surface area contributed by atoms with Crippen molar-refractivity contribution in [3.63, 3.8) is 0 Å². The van der Waals surface area contributed by atoms with Crippen LogP contribution in [0, 0.1) is 0 Å². The predicted octanol–water partition coefficient (Wildman–Crippen LogP) is 2.73. The lowest BCUT2D eigenvalue weighted by Gasteiger charge is -2.18. The van der Waals surface area contributed by atoms with Crippen molar-refractivity contribution in [3.05, 3.63) is 23.8 Å². The lowest BCUT2D eigenvalue weighted by Crippen LogP contribution is -2.19. The van der Waals surface area contributed by atoms with Crippen LogP contribution in [-0.2, 0) is 6.42 Å². The molecule has 2 rings (SSSR count). The van der Waals surface area contributed by atoms with E-state index in [1.807, 2.05) is 17.8 Å². The Morgan fingerprint density at radius 2 is 2.00 bits per heavy atom. The van der Waals surface area contributed by atoms with Crippen molar-refractivity contribution in [1.29, 1.82) is 0 Å². The molecule has 4 heteroatoms. The van der Waals surface area contributed by atoms with Crippen molar-refractivity contribution in [2.45, 2.75) is 19.8 Å². The number of hydrogen-bond donors (Lipinski definition) is 1. The first-order valence-corrected chi connectivity index (χ1v) is 8.22. The highest BCUT2D eigenvalue weighted by atomic mass is 32.2. The monoisotopic (exact) mass is 281 g/mol. The van der Waals surface area contributed by atoms with Crippen molar-refractivity contribution >= 4 is 11.8 Å². The normalized spacial score (nSPS) is 13.5. The Hall–Kier alpha value is -0.870.